The maximum atomic E-state index is 14.2. The number of hydrogen-bond acceptors (Lipinski definition) is 7. The fourth-order valence-corrected chi connectivity index (χ4v) is 6.07. The van der Waals surface area contributed by atoms with Crippen LogP contribution in [0, 0.1) is 0 Å². The number of carbonyl (C=O) groups is 4. The molecule has 3 N–H and O–H groups in total. The van der Waals surface area contributed by atoms with Crippen molar-refractivity contribution in [3.8, 4) is 5.75 Å². The Morgan fingerprint density at radius 1 is 0.957 bits per heavy atom. The largest absolute Gasteiger partial charge is 0.508 e. The number of aromatic hydroxyl groups is 1. The molecule has 2 fully saturated rings. The number of rotatable bonds is 12. The Bertz CT molecular complexity index is 1560. The molecule has 3 aromatic carbocycles. The summed E-state index contributed by atoms with van der Waals surface area (Å²) in [4.78, 5) is 57.7. The zero-order valence-electron chi connectivity index (χ0n) is 25.6. The average molecular weight is 626 g/mol. The number of benzene rings is 3. The van der Waals surface area contributed by atoms with E-state index in [2.05, 4.69) is 11.9 Å². The lowest BCUT2D eigenvalue weighted by atomic mass is 9.97. The monoisotopic (exact) mass is 625 g/mol. The van der Waals surface area contributed by atoms with Crippen molar-refractivity contribution in [2.24, 2.45) is 0 Å². The first-order valence-electron chi connectivity index (χ1n) is 15.4. The average Bonchev–Trinajstić information content (AvgIpc) is 3.06. The Kier molecular flexibility index (Phi) is 10.5. The molecule has 2 heterocycles. The molecule has 0 spiro atoms. The van der Waals surface area contributed by atoms with Crippen LogP contribution in [0.15, 0.2) is 91.5 Å². The van der Waals surface area contributed by atoms with E-state index in [0.29, 0.717) is 17.5 Å². The predicted octanol–water partition coefficient (Wildman–Crippen LogP) is 2.10. The molecule has 2 atom stereocenters. The Morgan fingerprint density at radius 2 is 1.70 bits per heavy atom. The van der Waals surface area contributed by atoms with E-state index in [0.717, 1.165) is 11.1 Å². The van der Waals surface area contributed by atoms with Crippen LogP contribution in [0.25, 0.3) is 0 Å². The summed E-state index contributed by atoms with van der Waals surface area (Å²) in [6.45, 7) is 4.19. The number of fused-ring (bicyclic) bond motifs is 1. The highest BCUT2D eigenvalue weighted by molar-refractivity contribution is 5.94. The number of phenols is 1. The van der Waals surface area contributed by atoms with Crippen molar-refractivity contribution in [1.29, 1.82) is 0 Å². The van der Waals surface area contributed by atoms with Crippen molar-refractivity contribution in [3.05, 3.63) is 114 Å². The van der Waals surface area contributed by atoms with Gasteiger partial charge in [0.1, 0.15) is 18.0 Å². The van der Waals surface area contributed by atoms with Gasteiger partial charge in [-0.15, -0.1) is 6.58 Å². The molecular formula is C35H39N5O6. The van der Waals surface area contributed by atoms with Gasteiger partial charge in [0.05, 0.1) is 19.7 Å². The lowest BCUT2D eigenvalue weighted by Crippen LogP contribution is -2.75. The maximum Gasteiger partial charge on any atom is 0.251 e. The first-order chi connectivity index (χ1) is 22.3. The minimum absolute atomic E-state index is 0.0717. The van der Waals surface area contributed by atoms with Gasteiger partial charge < -0.3 is 25.3 Å². The fourth-order valence-electron chi connectivity index (χ4n) is 6.07. The smallest absolute Gasteiger partial charge is 0.251 e. The lowest BCUT2D eigenvalue weighted by Gasteiger charge is -2.55. The van der Waals surface area contributed by atoms with Crippen LogP contribution in [-0.2, 0) is 33.8 Å². The van der Waals surface area contributed by atoms with Crippen molar-refractivity contribution in [2.75, 3.05) is 32.8 Å². The van der Waals surface area contributed by atoms with Crippen molar-refractivity contribution in [3.63, 3.8) is 0 Å². The van der Waals surface area contributed by atoms with Crippen molar-refractivity contribution in [2.45, 2.75) is 38.0 Å². The molecule has 0 radical (unpaired) electrons. The second-order valence-corrected chi connectivity index (χ2v) is 11.4. The molecule has 2 aliphatic heterocycles. The molecule has 2 aliphatic rings. The second kappa shape index (κ2) is 14.9. The SMILES string of the molecule is C=CCN1CC(=O)N2[C@@H](Cc3ccc(O)cc3)C(=O)N(Cc3cccc(C(=O)NCCO)c3)C[C@@H]2N1C(=O)CCc1ccccc1. The predicted molar refractivity (Wildman–Crippen MR) is 171 cm³/mol. The Balaban J connectivity index is 1.48. The fraction of sp³-hybridized carbons (Fsp3) is 0.314. The number of amides is 4. The summed E-state index contributed by atoms with van der Waals surface area (Å²) in [5.41, 5.74) is 2.86. The van der Waals surface area contributed by atoms with E-state index < -0.39 is 12.2 Å². The van der Waals surface area contributed by atoms with Gasteiger partial charge in [-0.1, -0.05) is 60.7 Å². The third-order valence-corrected chi connectivity index (χ3v) is 8.22. The molecule has 2 saturated heterocycles. The molecule has 0 saturated carbocycles. The van der Waals surface area contributed by atoms with E-state index in [1.807, 2.05) is 36.4 Å². The van der Waals surface area contributed by atoms with E-state index in [4.69, 9.17) is 5.11 Å². The quantitative estimate of drug-likeness (QED) is 0.263. The highest BCUT2D eigenvalue weighted by Gasteiger charge is 2.51. The van der Waals surface area contributed by atoms with Crippen molar-refractivity contribution in [1.82, 2.24) is 25.1 Å². The first-order valence-corrected chi connectivity index (χ1v) is 15.4. The number of aliphatic hydroxyl groups is 1. The first kappa shape index (κ1) is 32.4. The number of phenolic OH excluding ortho intramolecular Hbond substituents is 1. The van der Waals surface area contributed by atoms with Crippen molar-refractivity contribution < 1.29 is 29.4 Å². The Hall–Kier alpha value is -5.00. The Morgan fingerprint density at radius 3 is 2.41 bits per heavy atom. The van der Waals surface area contributed by atoms with Gasteiger partial charge in [-0.05, 0) is 47.4 Å². The van der Waals surface area contributed by atoms with Crippen LogP contribution in [0.3, 0.4) is 0 Å². The van der Waals surface area contributed by atoms with Gasteiger partial charge in [0, 0.05) is 38.0 Å². The van der Waals surface area contributed by atoms with Crippen LogP contribution >= 0.6 is 0 Å². The van der Waals surface area contributed by atoms with Gasteiger partial charge in [-0.25, -0.2) is 10.0 Å². The van der Waals surface area contributed by atoms with E-state index >= 15 is 0 Å². The molecule has 11 nitrogen and oxygen atoms in total. The molecule has 11 heteroatoms. The zero-order valence-corrected chi connectivity index (χ0v) is 25.6. The maximum absolute atomic E-state index is 14.2. The summed E-state index contributed by atoms with van der Waals surface area (Å²) < 4.78 is 0. The molecule has 4 amide bonds. The Labute approximate surface area is 268 Å². The summed E-state index contributed by atoms with van der Waals surface area (Å²) in [7, 11) is 0. The van der Waals surface area contributed by atoms with Crippen LogP contribution in [0.2, 0.25) is 0 Å². The second-order valence-electron chi connectivity index (χ2n) is 11.4. The zero-order chi connectivity index (χ0) is 32.6. The topological polar surface area (TPSA) is 134 Å². The van der Waals surface area contributed by atoms with E-state index in [-0.39, 0.29) is 81.6 Å². The number of aliphatic hydroxyl groups excluding tert-OH is 1. The molecule has 3 aromatic rings. The van der Waals surface area contributed by atoms with Gasteiger partial charge in [-0.3, -0.25) is 19.2 Å². The number of nitrogens with zero attached hydrogens (tertiary/aromatic N) is 4. The number of hydrogen-bond donors (Lipinski definition) is 3. The summed E-state index contributed by atoms with van der Waals surface area (Å²) >= 11 is 0. The van der Waals surface area contributed by atoms with Gasteiger partial charge in [0.2, 0.25) is 17.7 Å². The van der Waals surface area contributed by atoms with Gasteiger partial charge in [-0.2, -0.15) is 0 Å². The van der Waals surface area contributed by atoms with Gasteiger partial charge >= 0.3 is 0 Å². The summed E-state index contributed by atoms with van der Waals surface area (Å²) in [5.74, 6) is -0.968. The van der Waals surface area contributed by atoms with E-state index in [1.165, 1.54) is 12.1 Å². The van der Waals surface area contributed by atoms with Crippen LogP contribution in [0.1, 0.15) is 33.5 Å². The van der Waals surface area contributed by atoms with Crippen LogP contribution in [-0.4, -0.2) is 98.7 Å². The number of carbonyl (C=O) groups excluding carboxylic acids is 4. The van der Waals surface area contributed by atoms with Crippen LogP contribution < -0.4 is 5.32 Å². The molecule has 0 aromatic heterocycles. The van der Waals surface area contributed by atoms with Crippen molar-refractivity contribution >= 4 is 23.6 Å². The minimum atomic E-state index is -0.901. The number of aryl methyl sites for hydroxylation is 1. The summed E-state index contributed by atoms with van der Waals surface area (Å²) in [6.07, 6.45) is 1.80. The number of hydrazine groups is 1. The summed E-state index contributed by atoms with van der Waals surface area (Å²) in [6, 6.07) is 22.2. The van der Waals surface area contributed by atoms with Gasteiger partial charge in [0.15, 0.2) is 0 Å². The molecule has 0 unspecified atom stereocenters. The highest BCUT2D eigenvalue weighted by Crippen LogP contribution is 2.30. The molecule has 0 aliphatic carbocycles. The number of nitrogens with one attached hydrogen (secondary N) is 1. The molecular weight excluding hydrogens is 586 g/mol. The van der Waals surface area contributed by atoms with E-state index in [9.17, 15) is 24.3 Å². The normalized spacial score (nSPS) is 18.3. The van der Waals surface area contributed by atoms with Crippen LogP contribution in [0.4, 0.5) is 0 Å². The minimum Gasteiger partial charge on any atom is -0.508 e. The highest BCUT2D eigenvalue weighted by atomic mass is 16.3. The molecule has 0 bridgehead atoms. The van der Waals surface area contributed by atoms with Gasteiger partial charge in [0.25, 0.3) is 5.91 Å². The van der Waals surface area contributed by atoms with E-state index in [1.54, 1.807) is 56.2 Å². The number of piperazine rings is 1. The lowest BCUT2D eigenvalue weighted by molar-refractivity contribution is -0.205. The third kappa shape index (κ3) is 7.44. The molecule has 5 rings (SSSR count). The summed E-state index contributed by atoms with van der Waals surface area (Å²) in [5, 5.41) is 24.9. The molecule has 240 valence electrons. The molecule has 46 heavy (non-hydrogen) atoms. The standard InChI is InChI=1S/C35H39N5O6/c1-2-18-38-24-33(44)39-30(21-26-11-14-29(42)15-12-26)35(46)37(22-27-9-6-10-28(20-27)34(45)36-17-19-41)23-31(39)40(38)32(43)16-13-25-7-4-3-5-8-25/h2-12,14-15,20,30-31,41-42H,1,13,16-19,21-24H2,(H,36,45)/t30-,31-/m0/s1. The van der Waals surface area contributed by atoms with Crippen LogP contribution in [0.5, 0.6) is 5.75 Å². The third-order valence-electron chi connectivity index (χ3n) is 8.22.